The molecule has 4 saturated carbocycles. The number of esters is 1. The zero-order valence-corrected chi connectivity index (χ0v) is 50.6. The lowest BCUT2D eigenvalue weighted by atomic mass is 9.33. The molecular formula is C59H92O29. The van der Waals surface area contributed by atoms with Crippen LogP contribution in [0.4, 0.5) is 0 Å². The van der Waals surface area contributed by atoms with Crippen molar-refractivity contribution in [2.75, 3.05) is 13.2 Å². The Kier molecular flexibility index (Phi) is 19.2. The molecule has 29 nitrogen and oxygen atoms in total. The average Bonchev–Trinajstić information content (AvgIpc) is 0.675. The van der Waals surface area contributed by atoms with Crippen LogP contribution in [-0.4, -0.2) is 268 Å². The van der Waals surface area contributed by atoms with E-state index in [2.05, 4.69) is 33.8 Å². The first-order chi connectivity index (χ1) is 41.2. The van der Waals surface area contributed by atoms with E-state index < -0.39 is 224 Å². The molecule has 0 amide bonds. The Morgan fingerprint density at radius 2 is 1.17 bits per heavy atom. The van der Waals surface area contributed by atoms with Crippen molar-refractivity contribution < 1.29 is 143 Å². The SMILES string of the molecule is CC1O[C@@H](OC(=O)[C@]23CCC(C)(C)C[C@H]2C2=CC[C@@H]4[C@@]5(C)C[C@H](O)[C@H](O[C@@H]6OC(OC=O)[C@@H](O)[C@H](O[C@@H]7OC[C@@H](O)[C@H](O)C7O)C6O)[C@@](C)(C(=O)O)[C@@H]5CC[C@@]4(C)[C@]2(C)CC3)[C@H](O[C@@H]2OC(C)[C@H](O[C@@H]3OC(CO)[C@@H](O)[C@H](O)C3O)[C@H](O)C2O)C(O)[C@H]1O. The van der Waals surface area contributed by atoms with Gasteiger partial charge in [-0.15, -0.1) is 0 Å². The predicted octanol–water partition coefficient (Wildman–Crippen LogP) is -3.34. The summed E-state index contributed by atoms with van der Waals surface area (Å²) in [5, 5.41) is 164. The molecule has 15 N–H and O–H groups in total. The monoisotopic (exact) mass is 1260 g/mol. The highest BCUT2D eigenvalue weighted by atomic mass is 16.8. The summed E-state index contributed by atoms with van der Waals surface area (Å²) >= 11 is 0. The van der Waals surface area contributed by atoms with Gasteiger partial charge in [-0.05, 0) is 118 Å². The van der Waals surface area contributed by atoms with E-state index in [0.717, 1.165) is 5.57 Å². The number of hydrogen-bond acceptors (Lipinski definition) is 28. The summed E-state index contributed by atoms with van der Waals surface area (Å²) in [5.74, 6) is -3.34. The van der Waals surface area contributed by atoms with Crippen LogP contribution in [0.1, 0.15) is 113 Å². The summed E-state index contributed by atoms with van der Waals surface area (Å²) in [5.41, 5.74) is -4.38. The molecule has 88 heavy (non-hydrogen) atoms. The Bertz CT molecular complexity index is 2540. The Hall–Kier alpha value is -2.77. The fourth-order valence-electron chi connectivity index (χ4n) is 17.6. The van der Waals surface area contributed by atoms with E-state index in [-0.39, 0.29) is 24.2 Å². The van der Waals surface area contributed by atoms with Crippen LogP contribution in [0.15, 0.2) is 11.6 Å². The number of carboxylic acids is 1. The maximum absolute atomic E-state index is 15.5. The summed E-state index contributed by atoms with van der Waals surface area (Å²) in [7, 11) is 0. The Labute approximate surface area is 508 Å². The van der Waals surface area contributed by atoms with E-state index >= 15 is 4.79 Å². The number of carbonyl (C=O) groups is 3. The molecule has 5 aliphatic carbocycles. The quantitative estimate of drug-likeness (QED) is 0.0350. The van der Waals surface area contributed by atoms with E-state index in [1.807, 2.05) is 6.92 Å². The van der Waals surface area contributed by atoms with Gasteiger partial charge in [-0.1, -0.05) is 46.3 Å². The second-order valence-electron chi connectivity index (χ2n) is 28.4. The van der Waals surface area contributed by atoms with Crippen molar-refractivity contribution in [2.45, 2.75) is 273 Å². The van der Waals surface area contributed by atoms with Gasteiger partial charge in [0.1, 0.15) is 97.7 Å². The van der Waals surface area contributed by atoms with Gasteiger partial charge in [0.2, 0.25) is 12.6 Å². The van der Waals surface area contributed by atoms with Crippen LogP contribution in [-0.2, 0) is 66.5 Å². The minimum absolute atomic E-state index is 0.0142. The molecule has 0 aromatic heterocycles. The zero-order valence-electron chi connectivity index (χ0n) is 50.6. The van der Waals surface area contributed by atoms with E-state index in [0.29, 0.717) is 51.4 Å². The first-order valence-electron chi connectivity index (χ1n) is 30.7. The molecule has 0 bridgehead atoms. The molecule has 5 aliphatic heterocycles. The van der Waals surface area contributed by atoms with Gasteiger partial charge in [0, 0.05) is 0 Å². The number of allylic oxidation sites excluding steroid dienone is 2. The van der Waals surface area contributed by atoms with Gasteiger partial charge in [-0.3, -0.25) is 14.4 Å². The van der Waals surface area contributed by atoms with Crippen LogP contribution in [0.25, 0.3) is 0 Å². The van der Waals surface area contributed by atoms with Gasteiger partial charge in [0.15, 0.2) is 31.3 Å². The van der Waals surface area contributed by atoms with E-state index in [1.54, 1.807) is 0 Å². The highest BCUT2D eigenvalue weighted by molar-refractivity contribution is 5.79. The van der Waals surface area contributed by atoms with Crippen molar-refractivity contribution in [3.63, 3.8) is 0 Å². The standard InChI is InChI=1S/C59H92O29/c1-22-31(64)35(68)44(85-48-39(72)36(69)42(23(2)81-48)83-49-38(71)34(67)33(66)28(19-60)82-49)51(80-22)88-53(77)59-15-13-54(3,4)17-25(59)24-9-10-29-55(5)18-26(62)45(58(8,52(75)76)30(55)11-12-57(29,7)56(24,6)14-16-59)86-50-41(74)43(40(73)47(87-50)79-21-61)84-46-37(70)32(65)27(63)20-78-46/h9,21-23,25-51,60,62-74H,10-20H2,1-8H3,(H,75,76)/t22?,23?,25-,26-,27+,28?,29+,30+,31-,32-,33+,34-,35?,36+,37?,38?,39?,40-,41?,42-,43-,44+,45-,46-,47?,48-,49-,50+,51-,55+,56+,57+,58-,59-/m0/s1. The molecule has 0 radical (unpaired) electrons. The van der Waals surface area contributed by atoms with Crippen molar-refractivity contribution in [3.05, 3.63) is 11.6 Å². The third kappa shape index (κ3) is 11.1. The van der Waals surface area contributed by atoms with Crippen molar-refractivity contribution in [2.24, 2.45) is 50.2 Å². The number of rotatable bonds is 14. The average molecular weight is 1270 g/mol. The minimum atomic E-state index is -2.01. The number of hydrogen-bond donors (Lipinski definition) is 15. The smallest absolute Gasteiger partial charge is 0.315 e. The fourth-order valence-corrected chi connectivity index (χ4v) is 17.6. The third-order valence-corrected chi connectivity index (χ3v) is 23.0. The lowest BCUT2D eigenvalue weighted by Crippen LogP contribution is -2.70. The number of ether oxygens (including phenoxy) is 11. The fraction of sp³-hybridized carbons (Fsp3) is 0.915. The van der Waals surface area contributed by atoms with Gasteiger partial charge in [0.05, 0.1) is 42.4 Å². The molecular weight excluding hydrogens is 1170 g/mol. The number of carboxylic acid groups (broad SMARTS) is 1. The highest BCUT2D eigenvalue weighted by Crippen LogP contribution is 2.76. The normalized spacial score (nSPS) is 54.5. The summed E-state index contributed by atoms with van der Waals surface area (Å²) in [6.07, 6.45) is -38.3. The van der Waals surface area contributed by atoms with Crippen LogP contribution in [0.5, 0.6) is 0 Å². The molecule has 9 fully saturated rings. The number of aliphatic carboxylic acids is 1. The molecule has 0 aromatic carbocycles. The molecule has 0 aromatic rings. The van der Waals surface area contributed by atoms with Gasteiger partial charge >= 0.3 is 11.9 Å². The largest absolute Gasteiger partial charge is 0.481 e. The highest BCUT2D eigenvalue weighted by Gasteiger charge is 2.73. The Balaban J connectivity index is 0.885. The minimum Gasteiger partial charge on any atom is -0.481 e. The molecule has 0 spiro atoms. The molecule has 9 unspecified atom stereocenters. The van der Waals surface area contributed by atoms with E-state index in [1.165, 1.54) is 20.8 Å². The summed E-state index contributed by atoms with van der Waals surface area (Å²) in [6, 6.07) is 0. The van der Waals surface area contributed by atoms with Gasteiger partial charge in [0.25, 0.3) is 6.47 Å². The second-order valence-corrected chi connectivity index (χ2v) is 28.4. The van der Waals surface area contributed by atoms with Crippen LogP contribution in [0.3, 0.4) is 0 Å². The number of aliphatic hydroxyl groups is 14. The Morgan fingerprint density at radius 1 is 0.580 bits per heavy atom. The summed E-state index contributed by atoms with van der Waals surface area (Å²) in [6.45, 7) is 13.7. The topological polar surface area (TPSA) is 456 Å². The van der Waals surface area contributed by atoms with E-state index in [9.17, 15) is 86.2 Å². The molecule has 29 heteroatoms. The van der Waals surface area contributed by atoms with Crippen molar-refractivity contribution >= 4 is 18.4 Å². The van der Waals surface area contributed by atoms with Gasteiger partial charge < -0.3 is 129 Å². The summed E-state index contributed by atoms with van der Waals surface area (Å²) < 4.78 is 64.0. The van der Waals surface area contributed by atoms with Crippen molar-refractivity contribution in [1.29, 1.82) is 0 Å². The predicted molar refractivity (Wildman–Crippen MR) is 290 cm³/mol. The Morgan fingerprint density at radius 3 is 1.84 bits per heavy atom. The third-order valence-electron chi connectivity index (χ3n) is 23.0. The molecule has 34 atom stereocenters. The molecule has 502 valence electrons. The van der Waals surface area contributed by atoms with Crippen molar-refractivity contribution in [3.8, 4) is 0 Å². The molecule has 10 rings (SSSR count). The maximum Gasteiger partial charge on any atom is 0.315 e. The summed E-state index contributed by atoms with van der Waals surface area (Å²) in [4.78, 5) is 41.2. The van der Waals surface area contributed by atoms with Crippen LogP contribution < -0.4 is 0 Å². The molecule has 10 aliphatic rings. The first kappa shape index (κ1) is 68.1. The van der Waals surface area contributed by atoms with Crippen molar-refractivity contribution in [1.82, 2.24) is 0 Å². The van der Waals surface area contributed by atoms with E-state index in [4.69, 9.17) is 52.1 Å². The van der Waals surface area contributed by atoms with Crippen LogP contribution >= 0.6 is 0 Å². The molecule has 5 heterocycles. The lowest BCUT2D eigenvalue weighted by Gasteiger charge is -2.71. The van der Waals surface area contributed by atoms with Gasteiger partial charge in [-0.2, -0.15) is 0 Å². The number of carbonyl (C=O) groups excluding carboxylic acids is 2. The first-order valence-corrected chi connectivity index (χ1v) is 30.7. The van der Waals surface area contributed by atoms with Crippen LogP contribution in [0, 0.1) is 50.2 Å². The number of aliphatic hydroxyl groups excluding tert-OH is 14. The second kappa shape index (κ2) is 24.9. The molecule has 5 saturated heterocycles. The lowest BCUT2D eigenvalue weighted by molar-refractivity contribution is -0.387. The van der Waals surface area contributed by atoms with Gasteiger partial charge in [-0.25, -0.2) is 0 Å². The number of fused-ring (bicyclic) bond motifs is 7. The maximum atomic E-state index is 15.5. The zero-order chi connectivity index (χ0) is 64.4. The van der Waals surface area contributed by atoms with Crippen LogP contribution in [0.2, 0.25) is 0 Å².